The third-order valence-corrected chi connectivity index (χ3v) is 9.52. The van der Waals surface area contributed by atoms with Gasteiger partial charge in [-0.25, -0.2) is 9.97 Å². The lowest BCUT2D eigenvalue weighted by Gasteiger charge is -2.16. The zero-order valence-electron chi connectivity index (χ0n) is 21.2. The Labute approximate surface area is 234 Å². The fourth-order valence-corrected chi connectivity index (χ4v) is 7.67. The molecule has 39 heavy (non-hydrogen) atoms. The normalized spacial score (nSPS) is 11.8. The van der Waals surface area contributed by atoms with E-state index in [0.717, 1.165) is 32.9 Å². The van der Waals surface area contributed by atoms with Gasteiger partial charge in [-0.1, -0.05) is 103 Å². The van der Waals surface area contributed by atoms with Gasteiger partial charge >= 0.3 is 0 Å². The van der Waals surface area contributed by atoms with E-state index in [2.05, 4.69) is 122 Å². The third-order valence-electron chi connectivity index (χ3n) is 7.57. The third kappa shape index (κ3) is 3.42. The van der Waals surface area contributed by atoms with Crippen LogP contribution in [0.1, 0.15) is 0 Å². The second kappa shape index (κ2) is 8.91. The van der Waals surface area contributed by atoms with E-state index in [4.69, 9.17) is 9.97 Å². The van der Waals surface area contributed by atoms with Crippen molar-refractivity contribution in [3.63, 3.8) is 0 Å². The molecule has 0 spiro atoms. The molecule has 6 aromatic carbocycles. The van der Waals surface area contributed by atoms with Crippen molar-refractivity contribution >= 4 is 75.7 Å². The smallest absolute Gasteiger partial charge is 0.161 e. The molecule has 4 heteroatoms. The molecule has 0 atom stereocenters. The Morgan fingerprint density at radius 2 is 1.23 bits per heavy atom. The molecule has 0 fully saturated rings. The predicted molar refractivity (Wildman–Crippen MR) is 170 cm³/mol. The van der Waals surface area contributed by atoms with Crippen LogP contribution in [0.4, 0.5) is 0 Å². The summed E-state index contributed by atoms with van der Waals surface area (Å²) in [5, 5.41) is 8.70. The average Bonchev–Trinajstić information content (AvgIpc) is 3.39. The minimum Gasteiger partial charge on any atom is -0.226 e. The van der Waals surface area contributed by atoms with Crippen molar-refractivity contribution in [2.75, 3.05) is 6.26 Å². The summed E-state index contributed by atoms with van der Waals surface area (Å²) in [5.74, 6) is 0.765. The topological polar surface area (TPSA) is 25.8 Å². The fourth-order valence-electron chi connectivity index (χ4n) is 5.88. The largest absolute Gasteiger partial charge is 0.226 e. The average molecular weight is 535 g/mol. The molecule has 8 rings (SSSR count). The minimum atomic E-state index is 0.765. The Hall–Kier alpha value is -4.25. The number of thiophene rings is 1. The van der Waals surface area contributed by atoms with Crippen molar-refractivity contribution in [2.24, 2.45) is 0 Å². The van der Waals surface area contributed by atoms with Crippen LogP contribution in [0.2, 0.25) is 0 Å². The standard InChI is InChI=1S/C35H22N2S2/c1-38-29-20-10-16-24-22-13-5-6-14-23(22)30-26(31(24)29)17-9-18-27(30)35-36-32(21-11-3-2-4-12-21)34-33(37-35)25-15-7-8-19-28(25)39-34/h2-20H,1H3. The van der Waals surface area contributed by atoms with Gasteiger partial charge < -0.3 is 0 Å². The lowest BCUT2D eigenvalue weighted by Crippen LogP contribution is -1.95. The number of rotatable bonds is 3. The van der Waals surface area contributed by atoms with Gasteiger partial charge in [0.15, 0.2) is 5.82 Å². The molecule has 0 saturated carbocycles. The van der Waals surface area contributed by atoms with Crippen LogP contribution in [0, 0.1) is 0 Å². The molecule has 8 aromatic rings. The van der Waals surface area contributed by atoms with Crippen LogP contribution in [0.3, 0.4) is 0 Å². The Morgan fingerprint density at radius 3 is 2.08 bits per heavy atom. The Balaban J connectivity index is 1.56. The highest BCUT2D eigenvalue weighted by atomic mass is 32.2. The molecule has 0 N–H and O–H groups in total. The summed E-state index contributed by atoms with van der Waals surface area (Å²) in [6, 6.07) is 41.0. The van der Waals surface area contributed by atoms with E-state index in [1.54, 1.807) is 23.1 Å². The van der Waals surface area contributed by atoms with Crippen LogP contribution < -0.4 is 0 Å². The number of benzene rings is 6. The van der Waals surface area contributed by atoms with E-state index < -0.39 is 0 Å². The summed E-state index contributed by atoms with van der Waals surface area (Å²) in [6.07, 6.45) is 2.16. The SMILES string of the molecule is CSc1cccc2c3ccccc3c3c(-c4nc(-c5ccccc5)c5sc6ccccc6c5n4)cccc3c12. The molecule has 0 bridgehead atoms. The van der Waals surface area contributed by atoms with Crippen LogP contribution in [0.25, 0.3) is 75.3 Å². The first-order chi connectivity index (χ1) is 19.3. The number of fused-ring (bicyclic) bond motifs is 9. The molecule has 0 aliphatic carbocycles. The highest BCUT2D eigenvalue weighted by Crippen LogP contribution is 2.44. The quantitative estimate of drug-likeness (QED) is 0.167. The van der Waals surface area contributed by atoms with E-state index in [0.29, 0.717) is 0 Å². The van der Waals surface area contributed by atoms with E-state index >= 15 is 0 Å². The Morgan fingerprint density at radius 1 is 0.564 bits per heavy atom. The van der Waals surface area contributed by atoms with Crippen molar-refractivity contribution in [2.45, 2.75) is 4.90 Å². The van der Waals surface area contributed by atoms with Crippen molar-refractivity contribution in [3.8, 4) is 22.6 Å². The maximum Gasteiger partial charge on any atom is 0.161 e. The molecule has 0 aliphatic rings. The molecule has 2 aromatic heterocycles. The van der Waals surface area contributed by atoms with E-state index in [9.17, 15) is 0 Å². The van der Waals surface area contributed by atoms with Crippen LogP contribution in [-0.4, -0.2) is 16.2 Å². The second-order valence-electron chi connectivity index (χ2n) is 9.69. The number of hydrogen-bond donors (Lipinski definition) is 0. The number of aromatic nitrogens is 2. The molecule has 0 aliphatic heterocycles. The van der Waals surface area contributed by atoms with Gasteiger partial charge in [0.1, 0.15) is 0 Å². The van der Waals surface area contributed by atoms with Gasteiger partial charge in [-0.3, -0.25) is 0 Å². The maximum absolute atomic E-state index is 5.31. The van der Waals surface area contributed by atoms with E-state index in [1.165, 1.54) is 47.3 Å². The van der Waals surface area contributed by atoms with Gasteiger partial charge in [-0.2, -0.15) is 0 Å². The van der Waals surface area contributed by atoms with Crippen LogP contribution in [0.15, 0.2) is 120 Å². The Bertz CT molecular complexity index is 2210. The first-order valence-electron chi connectivity index (χ1n) is 13.0. The van der Waals surface area contributed by atoms with Gasteiger partial charge in [0, 0.05) is 36.9 Å². The molecule has 2 heterocycles. The van der Waals surface area contributed by atoms with E-state index in [-0.39, 0.29) is 0 Å². The molecule has 2 nitrogen and oxygen atoms in total. The van der Waals surface area contributed by atoms with Gasteiger partial charge in [0.2, 0.25) is 0 Å². The summed E-state index contributed by atoms with van der Waals surface area (Å²) in [5.41, 5.74) is 4.18. The lowest BCUT2D eigenvalue weighted by atomic mass is 9.91. The summed E-state index contributed by atoms with van der Waals surface area (Å²) in [4.78, 5) is 11.9. The molecule has 184 valence electrons. The lowest BCUT2D eigenvalue weighted by molar-refractivity contribution is 1.25. The first-order valence-corrected chi connectivity index (χ1v) is 15.0. The van der Waals surface area contributed by atoms with Crippen LogP contribution in [-0.2, 0) is 0 Å². The zero-order valence-corrected chi connectivity index (χ0v) is 22.8. The minimum absolute atomic E-state index is 0.765. The molecule has 0 unspecified atom stereocenters. The van der Waals surface area contributed by atoms with E-state index in [1.807, 2.05) is 0 Å². The molecular weight excluding hydrogens is 513 g/mol. The number of nitrogens with zero attached hydrogens (tertiary/aromatic N) is 2. The first kappa shape index (κ1) is 22.7. The highest BCUT2D eigenvalue weighted by Gasteiger charge is 2.20. The van der Waals surface area contributed by atoms with Gasteiger partial charge in [-0.15, -0.1) is 23.1 Å². The summed E-state index contributed by atoms with van der Waals surface area (Å²) in [7, 11) is 0. The fraction of sp³-hybridized carbons (Fsp3) is 0.0286. The maximum atomic E-state index is 5.31. The molecular formula is C35H22N2S2. The second-order valence-corrected chi connectivity index (χ2v) is 11.6. The molecule has 0 radical (unpaired) electrons. The van der Waals surface area contributed by atoms with Gasteiger partial charge in [0.05, 0.1) is 15.9 Å². The number of thioether (sulfide) groups is 1. The van der Waals surface area contributed by atoms with Gasteiger partial charge in [-0.05, 0) is 39.9 Å². The van der Waals surface area contributed by atoms with Gasteiger partial charge in [0.25, 0.3) is 0 Å². The van der Waals surface area contributed by atoms with Crippen LogP contribution in [0.5, 0.6) is 0 Å². The van der Waals surface area contributed by atoms with Crippen LogP contribution >= 0.6 is 23.1 Å². The predicted octanol–water partition coefficient (Wildman–Crippen LogP) is 10.4. The zero-order chi connectivity index (χ0) is 25.9. The van der Waals surface area contributed by atoms with Crippen molar-refractivity contribution in [3.05, 3.63) is 115 Å². The Kier molecular flexibility index (Phi) is 5.19. The number of hydrogen-bond acceptors (Lipinski definition) is 4. The summed E-state index contributed by atoms with van der Waals surface area (Å²) < 4.78 is 2.36. The van der Waals surface area contributed by atoms with Crippen molar-refractivity contribution < 1.29 is 0 Å². The van der Waals surface area contributed by atoms with Crippen molar-refractivity contribution in [1.82, 2.24) is 9.97 Å². The summed E-state index contributed by atoms with van der Waals surface area (Å²) in [6.45, 7) is 0. The molecule has 0 saturated heterocycles. The molecule has 0 amide bonds. The van der Waals surface area contributed by atoms with Crippen molar-refractivity contribution in [1.29, 1.82) is 0 Å². The summed E-state index contributed by atoms with van der Waals surface area (Å²) >= 11 is 3.57. The monoisotopic (exact) mass is 534 g/mol. The highest BCUT2D eigenvalue weighted by molar-refractivity contribution is 7.98.